The molecule has 0 spiro atoms. The van der Waals surface area contributed by atoms with Gasteiger partial charge >= 0.3 is 0 Å². The van der Waals surface area contributed by atoms with E-state index >= 15 is 0 Å². The number of hydrogen-bond donors (Lipinski definition) is 1. The summed E-state index contributed by atoms with van der Waals surface area (Å²) < 4.78 is 19.1. The normalized spacial score (nSPS) is 12.4. The lowest BCUT2D eigenvalue weighted by Gasteiger charge is -2.00. The molecule has 76 valence electrons. The molecule has 14 heavy (non-hydrogen) atoms. The minimum Gasteiger partial charge on any atom is -0.306 e. The molecule has 0 amide bonds. The zero-order chi connectivity index (χ0) is 10.7. The van der Waals surface area contributed by atoms with Gasteiger partial charge in [-0.05, 0) is 12.5 Å². The maximum absolute atomic E-state index is 10.5. The van der Waals surface area contributed by atoms with Crippen molar-refractivity contribution >= 4 is 16.8 Å². The smallest absolute Gasteiger partial charge is 0.272 e. The van der Waals surface area contributed by atoms with Gasteiger partial charge in [0.05, 0.1) is 10.7 Å². The highest BCUT2D eigenvalue weighted by Gasteiger charge is 2.11. The van der Waals surface area contributed by atoms with E-state index in [0.717, 1.165) is 0 Å². The van der Waals surface area contributed by atoms with Crippen molar-refractivity contribution in [3.63, 3.8) is 0 Å². The maximum atomic E-state index is 10.5. The van der Waals surface area contributed by atoms with Gasteiger partial charge in [-0.15, -0.1) is 0 Å². The predicted octanol–water partition coefficient (Wildman–Crippen LogP) is 1.62. The first-order valence-corrected chi connectivity index (χ1v) is 5.09. The fraction of sp³-hybridized carbons (Fsp3) is 0.250. The van der Waals surface area contributed by atoms with Crippen molar-refractivity contribution in [1.82, 2.24) is 0 Å². The van der Waals surface area contributed by atoms with E-state index in [2.05, 4.69) is 0 Å². The van der Waals surface area contributed by atoms with Gasteiger partial charge in [-0.1, -0.05) is 12.1 Å². The minimum atomic E-state index is -1.97. The van der Waals surface area contributed by atoms with Crippen LogP contribution >= 0.6 is 0 Å². The summed E-state index contributed by atoms with van der Waals surface area (Å²) in [4.78, 5) is 10.0. The van der Waals surface area contributed by atoms with Gasteiger partial charge < -0.3 is 4.55 Å². The Morgan fingerprint density at radius 3 is 2.71 bits per heavy atom. The summed E-state index contributed by atoms with van der Waals surface area (Å²) in [6.07, 6.45) is 0. The molecule has 1 atom stereocenters. The van der Waals surface area contributed by atoms with Crippen LogP contribution in [0.1, 0.15) is 11.1 Å². The standard InChI is InChI=1S/C8H9NO4S/c1-6-2-3-7(5-14(12)13)4-8(6)9(10)11/h2-4H,5H2,1H3,(H,12,13). The van der Waals surface area contributed by atoms with Crippen molar-refractivity contribution in [3.05, 3.63) is 39.4 Å². The highest BCUT2D eigenvalue weighted by atomic mass is 32.2. The van der Waals surface area contributed by atoms with Crippen LogP contribution in [0.25, 0.3) is 0 Å². The Labute approximate surface area is 83.2 Å². The summed E-state index contributed by atoms with van der Waals surface area (Å²) in [6, 6.07) is 4.50. The number of nitro benzene ring substituents is 1. The number of nitro groups is 1. The van der Waals surface area contributed by atoms with E-state index < -0.39 is 16.0 Å². The van der Waals surface area contributed by atoms with E-state index in [9.17, 15) is 14.3 Å². The molecule has 6 heteroatoms. The van der Waals surface area contributed by atoms with Gasteiger partial charge in [-0.3, -0.25) is 10.1 Å². The van der Waals surface area contributed by atoms with Crippen molar-refractivity contribution in [2.45, 2.75) is 12.7 Å². The molecule has 1 N–H and O–H groups in total. The molecule has 0 aliphatic heterocycles. The Morgan fingerprint density at radius 2 is 2.21 bits per heavy atom. The summed E-state index contributed by atoms with van der Waals surface area (Å²) in [5, 5.41) is 10.5. The topological polar surface area (TPSA) is 80.4 Å². The van der Waals surface area contributed by atoms with E-state index in [-0.39, 0.29) is 11.4 Å². The van der Waals surface area contributed by atoms with Crippen LogP contribution in [0.2, 0.25) is 0 Å². The Kier molecular flexibility index (Phi) is 3.32. The number of nitrogens with zero attached hydrogens (tertiary/aromatic N) is 1. The highest BCUT2D eigenvalue weighted by molar-refractivity contribution is 7.78. The van der Waals surface area contributed by atoms with Gasteiger partial charge in [0.1, 0.15) is 0 Å². The molecule has 0 saturated carbocycles. The van der Waals surface area contributed by atoms with Crippen molar-refractivity contribution in [3.8, 4) is 0 Å². The van der Waals surface area contributed by atoms with E-state index in [1.54, 1.807) is 19.1 Å². The third-order valence-corrected chi connectivity index (χ3v) is 2.34. The Hall–Kier alpha value is -1.27. The van der Waals surface area contributed by atoms with E-state index in [1.807, 2.05) is 0 Å². The van der Waals surface area contributed by atoms with Crippen LogP contribution in [0, 0.1) is 17.0 Å². The molecular weight excluding hydrogens is 206 g/mol. The van der Waals surface area contributed by atoms with Crippen molar-refractivity contribution in [1.29, 1.82) is 0 Å². The molecule has 0 radical (unpaired) electrons. The lowest BCUT2D eigenvalue weighted by molar-refractivity contribution is -0.385. The highest BCUT2D eigenvalue weighted by Crippen LogP contribution is 2.19. The molecule has 0 bridgehead atoms. The van der Waals surface area contributed by atoms with Crippen molar-refractivity contribution in [2.75, 3.05) is 0 Å². The second-order valence-corrected chi connectivity index (χ2v) is 3.78. The van der Waals surface area contributed by atoms with Gasteiger partial charge in [-0.25, -0.2) is 4.21 Å². The molecule has 1 rings (SSSR count). The average molecular weight is 215 g/mol. The summed E-state index contributed by atoms with van der Waals surface area (Å²) in [6.45, 7) is 1.62. The second kappa shape index (κ2) is 4.30. The Balaban J connectivity index is 3.06. The van der Waals surface area contributed by atoms with E-state index in [4.69, 9.17) is 4.55 Å². The first-order valence-electron chi connectivity index (χ1n) is 3.82. The third kappa shape index (κ3) is 2.61. The van der Waals surface area contributed by atoms with Gasteiger partial charge in [0.2, 0.25) is 0 Å². The van der Waals surface area contributed by atoms with Crippen LogP contribution < -0.4 is 0 Å². The maximum Gasteiger partial charge on any atom is 0.272 e. The largest absolute Gasteiger partial charge is 0.306 e. The number of hydrogen-bond acceptors (Lipinski definition) is 3. The van der Waals surface area contributed by atoms with E-state index in [0.29, 0.717) is 11.1 Å². The van der Waals surface area contributed by atoms with Crippen LogP contribution in [0.3, 0.4) is 0 Å². The lowest BCUT2D eigenvalue weighted by Crippen LogP contribution is -1.97. The lowest BCUT2D eigenvalue weighted by atomic mass is 10.1. The van der Waals surface area contributed by atoms with Crippen molar-refractivity contribution in [2.24, 2.45) is 0 Å². The fourth-order valence-electron chi connectivity index (χ4n) is 1.08. The number of benzene rings is 1. The summed E-state index contributed by atoms with van der Waals surface area (Å²) in [5.74, 6) is -0.0822. The van der Waals surface area contributed by atoms with Gasteiger partial charge in [0.15, 0.2) is 11.1 Å². The summed E-state index contributed by atoms with van der Waals surface area (Å²) in [5.41, 5.74) is 1.01. The molecule has 1 unspecified atom stereocenters. The molecule has 1 aromatic carbocycles. The molecule has 0 saturated heterocycles. The predicted molar refractivity (Wildman–Crippen MR) is 52.3 cm³/mol. The monoisotopic (exact) mass is 215 g/mol. The average Bonchev–Trinajstić information content (AvgIpc) is 2.07. The number of aryl methyl sites for hydroxylation is 1. The van der Waals surface area contributed by atoms with Crippen LogP contribution in [0.15, 0.2) is 18.2 Å². The summed E-state index contributed by atoms with van der Waals surface area (Å²) >= 11 is -1.97. The van der Waals surface area contributed by atoms with Gasteiger partial charge in [0.25, 0.3) is 5.69 Å². The summed E-state index contributed by atoms with van der Waals surface area (Å²) in [7, 11) is 0. The fourth-order valence-corrected chi connectivity index (χ4v) is 1.55. The molecule has 0 heterocycles. The van der Waals surface area contributed by atoms with E-state index in [1.165, 1.54) is 6.07 Å². The quantitative estimate of drug-likeness (QED) is 0.472. The van der Waals surface area contributed by atoms with Crippen LogP contribution in [-0.2, 0) is 16.8 Å². The zero-order valence-electron chi connectivity index (χ0n) is 7.47. The molecule has 0 aliphatic carbocycles. The van der Waals surface area contributed by atoms with Crippen molar-refractivity contribution < 1.29 is 13.7 Å². The molecular formula is C8H9NO4S. The Bertz CT molecular complexity index is 391. The molecule has 5 nitrogen and oxygen atoms in total. The van der Waals surface area contributed by atoms with Crippen LogP contribution in [0.5, 0.6) is 0 Å². The van der Waals surface area contributed by atoms with Gasteiger partial charge in [-0.2, -0.15) is 0 Å². The SMILES string of the molecule is Cc1ccc(CS(=O)O)cc1[N+](=O)[O-]. The Morgan fingerprint density at radius 1 is 1.57 bits per heavy atom. The first-order chi connectivity index (χ1) is 6.50. The second-order valence-electron chi connectivity index (χ2n) is 2.84. The molecule has 0 aliphatic rings. The molecule has 0 aromatic heterocycles. The molecule has 0 fully saturated rings. The number of rotatable bonds is 3. The van der Waals surface area contributed by atoms with Crippen LogP contribution in [-0.4, -0.2) is 13.7 Å². The zero-order valence-corrected chi connectivity index (χ0v) is 8.28. The van der Waals surface area contributed by atoms with Crippen LogP contribution in [0.4, 0.5) is 5.69 Å². The first kappa shape index (κ1) is 10.8. The third-order valence-electron chi connectivity index (χ3n) is 1.76. The molecule has 1 aromatic rings. The minimum absolute atomic E-state index is 0.0204. The van der Waals surface area contributed by atoms with Gasteiger partial charge in [0, 0.05) is 11.6 Å².